The van der Waals surface area contributed by atoms with Gasteiger partial charge in [-0.15, -0.1) is 0 Å². The third-order valence-electron chi connectivity index (χ3n) is 22.0. The van der Waals surface area contributed by atoms with Crippen molar-refractivity contribution in [3.63, 3.8) is 0 Å². The number of benzene rings is 9. The second-order valence-electron chi connectivity index (χ2n) is 31.3. The molecule has 6 aliphatic heterocycles. The van der Waals surface area contributed by atoms with Crippen LogP contribution in [-0.2, 0) is 52.8 Å². The van der Waals surface area contributed by atoms with E-state index >= 15 is 0 Å². The summed E-state index contributed by atoms with van der Waals surface area (Å²) in [6, 6.07) is 53.5. The SMILES string of the molecule is CC(=O)O.COc1ccc2nc(N3C(=O)C(=O)C(=C(O)c4ccc5c(c4)CC(C)O5)C3c3ccc(C(C)C)cc3)sc2c1.COc1ccc2nc(N3C(=O)C(=O)C(=C(O)c4ccc5c(c4)CC(C)O5)C3c3ccc(C(C)C)cc3)sc2c1.COc1ccc2nc(N3C(=O)C(=O)C(=C(O)c4ccc5c(c4)CC(C)O5)C3c3ccc(C(C)C)cc3)sc2c1. The third-order valence-corrected chi connectivity index (χ3v) is 25.0. The van der Waals surface area contributed by atoms with E-state index in [9.17, 15) is 44.1 Å². The van der Waals surface area contributed by atoms with Crippen molar-refractivity contribution in [1.82, 2.24) is 15.0 Å². The lowest BCUT2D eigenvalue weighted by atomic mass is 9.93. The maximum absolute atomic E-state index is 13.6. The summed E-state index contributed by atoms with van der Waals surface area (Å²) in [6.07, 6.45) is 2.25. The molecule has 12 aromatic rings. The highest BCUT2D eigenvalue weighted by molar-refractivity contribution is 7.23. The van der Waals surface area contributed by atoms with Gasteiger partial charge in [-0.05, 0) is 198 Å². The van der Waals surface area contributed by atoms with E-state index in [0.29, 0.717) is 103 Å². The summed E-state index contributed by atoms with van der Waals surface area (Å²) in [5, 5.41) is 43.2. The van der Waals surface area contributed by atoms with Crippen molar-refractivity contribution < 1.29 is 82.4 Å². The molecule has 26 heteroatoms. The molecule has 0 radical (unpaired) electrons. The molecule has 121 heavy (non-hydrogen) atoms. The molecule has 18 rings (SSSR count). The van der Waals surface area contributed by atoms with Gasteiger partial charge in [-0.1, -0.05) is 148 Å². The van der Waals surface area contributed by atoms with Gasteiger partial charge in [-0.3, -0.25) is 48.3 Å². The zero-order chi connectivity index (χ0) is 85.8. The molecule has 0 bridgehead atoms. The number of aromatic nitrogens is 3. The number of methoxy groups -OCH3 is 3. The average molecular weight is 1680 g/mol. The molecular weight excluding hydrogens is 1590 g/mol. The van der Waals surface area contributed by atoms with E-state index in [1.54, 1.807) is 75.9 Å². The number of hydrogen-bond donors (Lipinski definition) is 4. The van der Waals surface area contributed by atoms with Crippen molar-refractivity contribution in [3.05, 3.63) is 265 Å². The number of carboxylic acid groups (broad SMARTS) is 1. The molecule has 0 spiro atoms. The molecule has 3 saturated heterocycles. The van der Waals surface area contributed by atoms with Crippen LogP contribution in [0.3, 0.4) is 0 Å². The number of nitrogens with zero attached hydrogens (tertiary/aromatic N) is 6. The number of rotatable bonds is 15. The fraction of sp³-hybridized carbons (Fsp3) is 0.263. The summed E-state index contributed by atoms with van der Waals surface area (Å²) in [5.74, 6) is -0.566. The molecule has 9 aromatic carbocycles. The summed E-state index contributed by atoms with van der Waals surface area (Å²) < 4.78 is 35.9. The summed E-state index contributed by atoms with van der Waals surface area (Å²) >= 11 is 3.91. The van der Waals surface area contributed by atoms with Crippen molar-refractivity contribution in [3.8, 4) is 34.5 Å². The second kappa shape index (κ2) is 34.0. The molecule has 9 heterocycles. The van der Waals surface area contributed by atoms with Crippen LogP contribution >= 0.6 is 34.0 Å². The van der Waals surface area contributed by atoms with Crippen molar-refractivity contribution in [2.45, 2.75) is 143 Å². The van der Waals surface area contributed by atoms with Crippen LogP contribution in [0.5, 0.6) is 34.5 Å². The Morgan fingerprint density at radius 2 is 0.628 bits per heavy atom. The Labute approximate surface area is 710 Å². The van der Waals surface area contributed by atoms with Gasteiger partial charge in [0.15, 0.2) is 15.4 Å². The fourth-order valence-corrected chi connectivity index (χ4v) is 18.8. The third kappa shape index (κ3) is 16.3. The number of aliphatic carboxylic acids is 1. The lowest BCUT2D eigenvalue weighted by Gasteiger charge is -2.23. The number of amides is 3. The van der Waals surface area contributed by atoms with E-state index in [2.05, 4.69) is 41.5 Å². The van der Waals surface area contributed by atoms with Crippen LogP contribution < -0.4 is 43.1 Å². The predicted octanol–water partition coefficient (Wildman–Crippen LogP) is 19.2. The van der Waals surface area contributed by atoms with Crippen LogP contribution in [0.1, 0.15) is 172 Å². The number of ketones is 3. The predicted molar refractivity (Wildman–Crippen MR) is 468 cm³/mol. The first-order chi connectivity index (χ1) is 58.0. The minimum atomic E-state index is -0.836. The van der Waals surface area contributed by atoms with Crippen molar-refractivity contribution in [1.29, 1.82) is 0 Å². The highest BCUT2D eigenvalue weighted by Gasteiger charge is 2.52. The summed E-state index contributed by atoms with van der Waals surface area (Å²) in [4.78, 5) is 109. The topological polar surface area (TPSA) is 304 Å². The molecular formula is C95H88N6O17S3. The summed E-state index contributed by atoms with van der Waals surface area (Å²) in [7, 11) is 4.77. The first-order valence-corrected chi connectivity index (χ1v) is 42.1. The van der Waals surface area contributed by atoms with Gasteiger partial charge in [0.25, 0.3) is 23.3 Å². The van der Waals surface area contributed by atoms with E-state index < -0.39 is 59.2 Å². The molecule has 3 aromatic heterocycles. The van der Waals surface area contributed by atoms with Crippen molar-refractivity contribution in [2.75, 3.05) is 36.0 Å². The van der Waals surface area contributed by atoms with Gasteiger partial charge in [0.2, 0.25) is 0 Å². The highest BCUT2D eigenvalue weighted by atomic mass is 32.1. The van der Waals surface area contributed by atoms with E-state index in [0.717, 1.165) is 88.3 Å². The molecule has 6 atom stereocenters. The molecule has 618 valence electrons. The largest absolute Gasteiger partial charge is 0.507 e. The number of thiazole rings is 3. The van der Waals surface area contributed by atoms with Gasteiger partial charge < -0.3 is 48.8 Å². The van der Waals surface area contributed by atoms with Gasteiger partial charge in [0.05, 0.1) is 86.8 Å². The number of carbonyl (C=O) groups is 7. The Hall–Kier alpha value is -13.0. The number of aliphatic hydroxyl groups excluding tert-OH is 3. The highest BCUT2D eigenvalue weighted by Crippen LogP contribution is 2.50. The molecule has 3 amide bonds. The minimum absolute atomic E-state index is 0.0418. The molecule has 0 saturated carbocycles. The second-order valence-corrected chi connectivity index (χ2v) is 34.4. The van der Waals surface area contributed by atoms with E-state index in [1.807, 2.05) is 148 Å². The molecule has 4 N–H and O–H groups in total. The Morgan fingerprint density at radius 3 is 0.860 bits per heavy atom. The minimum Gasteiger partial charge on any atom is -0.507 e. The maximum Gasteiger partial charge on any atom is 0.301 e. The summed E-state index contributed by atoms with van der Waals surface area (Å²) in [5.41, 5.74) is 12.1. The van der Waals surface area contributed by atoms with Crippen LogP contribution in [-0.4, -0.2) is 116 Å². The van der Waals surface area contributed by atoms with E-state index in [4.69, 9.17) is 53.3 Å². The van der Waals surface area contributed by atoms with Crippen LogP contribution in [0.4, 0.5) is 15.4 Å². The maximum atomic E-state index is 13.6. The fourth-order valence-electron chi connectivity index (χ4n) is 15.8. The number of ether oxygens (including phenoxy) is 6. The number of aliphatic hydroxyl groups is 3. The summed E-state index contributed by atoms with van der Waals surface area (Å²) in [6.45, 7) is 19.7. The monoisotopic (exact) mass is 1680 g/mol. The van der Waals surface area contributed by atoms with Gasteiger partial charge in [-0.2, -0.15) is 0 Å². The Bertz CT molecular complexity index is 5670. The van der Waals surface area contributed by atoms with Gasteiger partial charge >= 0.3 is 17.7 Å². The van der Waals surface area contributed by atoms with Crippen LogP contribution in [0.25, 0.3) is 47.9 Å². The lowest BCUT2D eigenvalue weighted by Crippen LogP contribution is -2.29. The smallest absolute Gasteiger partial charge is 0.301 e. The molecule has 23 nitrogen and oxygen atoms in total. The van der Waals surface area contributed by atoms with E-state index in [1.165, 1.54) is 48.7 Å². The molecule has 6 unspecified atom stereocenters. The van der Waals surface area contributed by atoms with Gasteiger partial charge in [-0.25, -0.2) is 15.0 Å². The molecule has 0 aliphatic carbocycles. The van der Waals surface area contributed by atoms with Crippen LogP contribution in [0.2, 0.25) is 0 Å². The number of anilines is 3. The average Bonchev–Trinajstić information content (AvgIpc) is 1.60. The normalized spacial score (nSPS) is 19.6. The van der Waals surface area contributed by atoms with E-state index in [-0.39, 0.29) is 52.3 Å². The van der Waals surface area contributed by atoms with Crippen molar-refractivity contribution >= 4 is 138 Å². The standard InChI is InChI=1S/3C31H28N2O5S.C2H4O2/c3*1-16(2)18-5-7-19(8-6-18)27-26(28(34)20-9-12-24-21(14-20)13-17(3)38-24)29(35)30(36)33(27)31-32-23-11-10-22(37-4)15-25(23)39-31;1-2(3)4/h3*5-12,14-17,27,34H,13H2,1-4H3;1H3,(H,3,4). The number of carboxylic acids is 1. The lowest BCUT2D eigenvalue weighted by molar-refractivity contribution is -0.134. The molecule has 6 aliphatic rings. The number of carbonyl (C=O) groups excluding carboxylic acids is 6. The van der Waals surface area contributed by atoms with Crippen molar-refractivity contribution in [2.24, 2.45) is 0 Å². The van der Waals surface area contributed by atoms with Crippen LogP contribution in [0.15, 0.2) is 199 Å². The van der Waals surface area contributed by atoms with Crippen LogP contribution in [0, 0.1) is 0 Å². The number of fused-ring (bicyclic) bond motifs is 6. The quantitative estimate of drug-likeness (QED) is 0.0421. The molecule has 3 fully saturated rings. The number of hydrogen-bond acceptors (Lipinski definition) is 22. The Kier molecular flexibility index (Phi) is 23.3. The first-order valence-electron chi connectivity index (χ1n) is 39.6. The number of Topliss-reactive ketones (excluding diaryl/α,β-unsaturated/α-hetero) is 3. The Balaban J connectivity index is 0.000000138. The first kappa shape index (κ1) is 83.0. The zero-order valence-corrected chi connectivity index (χ0v) is 71.1. The zero-order valence-electron chi connectivity index (χ0n) is 68.6. The van der Waals surface area contributed by atoms with Gasteiger partial charge in [0.1, 0.15) is 70.1 Å². The Morgan fingerprint density at radius 1 is 0.380 bits per heavy atom. The van der Waals surface area contributed by atoms with Gasteiger partial charge in [0, 0.05) is 42.9 Å².